The predicted molar refractivity (Wildman–Crippen MR) is 87.6 cm³/mol. The number of alkyl carbamates (subject to hydrolysis) is 1. The molecule has 0 radical (unpaired) electrons. The SMILES string of the molecule is CC(C)(C)OC(=O)NCCCC(=O)Nn1cnc2ccccc21. The second-order valence-electron chi connectivity index (χ2n) is 6.17. The summed E-state index contributed by atoms with van der Waals surface area (Å²) in [5.41, 5.74) is 3.90. The van der Waals surface area contributed by atoms with Crippen LogP contribution in [0.15, 0.2) is 30.6 Å². The number of hydrogen-bond acceptors (Lipinski definition) is 4. The van der Waals surface area contributed by atoms with Crippen LogP contribution in [0.2, 0.25) is 0 Å². The normalized spacial score (nSPS) is 11.3. The molecule has 0 atom stereocenters. The Morgan fingerprint density at radius 3 is 2.74 bits per heavy atom. The van der Waals surface area contributed by atoms with Crippen LogP contribution in [0.4, 0.5) is 4.79 Å². The van der Waals surface area contributed by atoms with E-state index in [0.717, 1.165) is 11.0 Å². The number of para-hydroxylation sites is 2. The standard InChI is InChI=1S/C16H22N4O3/c1-16(2,3)23-15(22)17-10-6-9-14(21)19-20-11-18-12-7-4-5-8-13(12)20/h4-5,7-8,11H,6,9-10H2,1-3H3,(H,17,22)(H,19,21). The summed E-state index contributed by atoms with van der Waals surface area (Å²) in [5, 5.41) is 2.62. The molecule has 0 aliphatic heterocycles. The molecular weight excluding hydrogens is 296 g/mol. The number of carbonyl (C=O) groups excluding carboxylic acids is 2. The molecule has 2 rings (SSSR count). The Morgan fingerprint density at radius 2 is 2.00 bits per heavy atom. The minimum Gasteiger partial charge on any atom is -0.444 e. The van der Waals surface area contributed by atoms with E-state index in [1.54, 1.807) is 31.8 Å². The average Bonchev–Trinajstić information content (AvgIpc) is 2.85. The quantitative estimate of drug-likeness (QED) is 0.829. The Hall–Kier alpha value is -2.57. The minimum atomic E-state index is -0.524. The molecule has 2 amide bonds. The number of imidazole rings is 1. The first-order valence-corrected chi connectivity index (χ1v) is 7.54. The number of amides is 2. The maximum atomic E-state index is 11.9. The van der Waals surface area contributed by atoms with Gasteiger partial charge >= 0.3 is 6.09 Å². The lowest BCUT2D eigenvalue weighted by molar-refractivity contribution is -0.117. The number of nitrogens with zero attached hydrogens (tertiary/aromatic N) is 2. The summed E-state index contributed by atoms with van der Waals surface area (Å²) < 4.78 is 6.71. The molecule has 23 heavy (non-hydrogen) atoms. The molecule has 7 nitrogen and oxygen atoms in total. The third-order valence-corrected chi connectivity index (χ3v) is 2.95. The molecule has 124 valence electrons. The summed E-state index contributed by atoms with van der Waals surface area (Å²) in [6.45, 7) is 5.79. The van der Waals surface area contributed by atoms with Crippen molar-refractivity contribution in [1.29, 1.82) is 0 Å². The number of hydrogen-bond donors (Lipinski definition) is 2. The highest BCUT2D eigenvalue weighted by molar-refractivity contribution is 5.86. The zero-order chi connectivity index (χ0) is 16.9. The van der Waals surface area contributed by atoms with Gasteiger partial charge < -0.3 is 10.1 Å². The van der Waals surface area contributed by atoms with Gasteiger partial charge in [0.05, 0.1) is 11.0 Å². The van der Waals surface area contributed by atoms with Crippen LogP contribution in [0.25, 0.3) is 11.0 Å². The van der Waals surface area contributed by atoms with Crippen LogP contribution in [0, 0.1) is 0 Å². The van der Waals surface area contributed by atoms with Crippen molar-refractivity contribution in [3.63, 3.8) is 0 Å². The molecular formula is C16H22N4O3. The summed E-state index contributed by atoms with van der Waals surface area (Å²) in [4.78, 5) is 27.6. The first-order valence-electron chi connectivity index (χ1n) is 7.54. The van der Waals surface area contributed by atoms with Crippen molar-refractivity contribution < 1.29 is 14.3 Å². The molecule has 0 aliphatic carbocycles. The zero-order valence-corrected chi connectivity index (χ0v) is 13.6. The van der Waals surface area contributed by atoms with Crippen LogP contribution >= 0.6 is 0 Å². The van der Waals surface area contributed by atoms with Gasteiger partial charge in [0.2, 0.25) is 5.91 Å². The number of ether oxygens (including phenoxy) is 1. The van der Waals surface area contributed by atoms with Gasteiger partial charge in [-0.1, -0.05) is 12.1 Å². The lowest BCUT2D eigenvalue weighted by Gasteiger charge is -2.19. The molecule has 2 aromatic rings. The van der Waals surface area contributed by atoms with E-state index in [-0.39, 0.29) is 5.91 Å². The number of rotatable bonds is 5. The largest absolute Gasteiger partial charge is 0.444 e. The zero-order valence-electron chi connectivity index (χ0n) is 13.6. The lowest BCUT2D eigenvalue weighted by atomic mass is 10.2. The van der Waals surface area contributed by atoms with Gasteiger partial charge in [-0.25, -0.2) is 14.5 Å². The monoisotopic (exact) mass is 318 g/mol. The van der Waals surface area contributed by atoms with Crippen LogP contribution in [0.5, 0.6) is 0 Å². The van der Waals surface area contributed by atoms with Gasteiger partial charge in [-0.3, -0.25) is 10.2 Å². The summed E-state index contributed by atoms with van der Waals surface area (Å²) in [6.07, 6.45) is 1.92. The Balaban J connectivity index is 1.73. The third-order valence-electron chi connectivity index (χ3n) is 2.95. The predicted octanol–water partition coefficient (Wildman–Crippen LogP) is 2.41. The Kier molecular flexibility index (Phi) is 5.20. The minimum absolute atomic E-state index is 0.140. The summed E-state index contributed by atoms with van der Waals surface area (Å²) >= 11 is 0. The molecule has 0 spiro atoms. The highest BCUT2D eigenvalue weighted by atomic mass is 16.6. The number of fused-ring (bicyclic) bond motifs is 1. The van der Waals surface area contributed by atoms with Gasteiger partial charge in [-0.15, -0.1) is 0 Å². The number of nitrogens with one attached hydrogen (secondary N) is 2. The van der Waals surface area contributed by atoms with Crippen molar-refractivity contribution in [2.24, 2.45) is 0 Å². The Bertz CT molecular complexity index is 688. The van der Waals surface area contributed by atoms with Crippen LogP contribution < -0.4 is 10.7 Å². The molecule has 0 saturated carbocycles. The van der Waals surface area contributed by atoms with E-state index in [2.05, 4.69) is 15.7 Å². The third kappa shape index (κ3) is 5.28. The number of carbonyl (C=O) groups is 2. The smallest absolute Gasteiger partial charge is 0.407 e. The maximum Gasteiger partial charge on any atom is 0.407 e. The summed E-state index contributed by atoms with van der Waals surface area (Å²) in [6, 6.07) is 7.54. The van der Waals surface area contributed by atoms with E-state index >= 15 is 0 Å². The fourth-order valence-electron chi connectivity index (χ4n) is 1.99. The molecule has 2 N–H and O–H groups in total. The lowest BCUT2D eigenvalue weighted by Crippen LogP contribution is -2.33. The Morgan fingerprint density at radius 1 is 1.26 bits per heavy atom. The van der Waals surface area contributed by atoms with Crippen molar-refractivity contribution in [3.05, 3.63) is 30.6 Å². The second-order valence-corrected chi connectivity index (χ2v) is 6.17. The van der Waals surface area contributed by atoms with Crippen molar-refractivity contribution >= 4 is 23.0 Å². The van der Waals surface area contributed by atoms with Crippen molar-refractivity contribution in [2.75, 3.05) is 12.0 Å². The van der Waals surface area contributed by atoms with E-state index in [1.165, 1.54) is 0 Å². The van der Waals surface area contributed by atoms with Gasteiger partial charge in [0, 0.05) is 13.0 Å². The van der Waals surface area contributed by atoms with E-state index in [1.807, 2.05) is 24.3 Å². The van der Waals surface area contributed by atoms with E-state index < -0.39 is 11.7 Å². The molecule has 1 aromatic heterocycles. The molecule has 0 fully saturated rings. The fourth-order valence-corrected chi connectivity index (χ4v) is 1.99. The molecule has 0 bridgehead atoms. The summed E-state index contributed by atoms with van der Waals surface area (Å²) in [5.74, 6) is -0.140. The van der Waals surface area contributed by atoms with Crippen molar-refractivity contribution in [1.82, 2.24) is 15.0 Å². The van der Waals surface area contributed by atoms with E-state index in [9.17, 15) is 9.59 Å². The first kappa shape index (κ1) is 16.8. The molecule has 1 heterocycles. The first-order chi connectivity index (χ1) is 10.8. The number of aromatic nitrogens is 2. The molecule has 7 heteroatoms. The molecule has 0 saturated heterocycles. The van der Waals surface area contributed by atoms with Gasteiger partial charge in [-0.05, 0) is 39.3 Å². The van der Waals surface area contributed by atoms with E-state index in [4.69, 9.17) is 4.74 Å². The topological polar surface area (TPSA) is 85.2 Å². The van der Waals surface area contributed by atoms with Crippen molar-refractivity contribution in [3.8, 4) is 0 Å². The van der Waals surface area contributed by atoms with Gasteiger partial charge in [0.15, 0.2) is 0 Å². The van der Waals surface area contributed by atoms with E-state index in [0.29, 0.717) is 19.4 Å². The van der Waals surface area contributed by atoms with Crippen LogP contribution in [-0.4, -0.2) is 33.8 Å². The van der Waals surface area contributed by atoms with Gasteiger partial charge in [-0.2, -0.15) is 0 Å². The average molecular weight is 318 g/mol. The van der Waals surface area contributed by atoms with Crippen LogP contribution in [0.3, 0.4) is 0 Å². The number of benzene rings is 1. The maximum absolute atomic E-state index is 11.9. The second kappa shape index (κ2) is 7.13. The highest BCUT2D eigenvalue weighted by Gasteiger charge is 2.15. The Labute approximate surface area is 135 Å². The van der Waals surface area contributed by atoms with Crippen molar-refractivity contribution in [2.45, 2.75) is 39.2 Å². The molecule has 0 aliphatic rings. The highest BCUT2D eigenvalue weighted by Crippen LogP contribution is 2.10. The van der Waals surface area contributed by atoms with Gasteiger partial charge in [0.1, 0.15) is 11.9 Å². The fraction of sp³-hybridized carbons (Fsp3) is 0.438. The van der Waals surface area contributed by atoms with Crippen LogP contribution in [0.1, 0.15) is 33.6 Å². The van der Waals surface area contributed by atoms with Crippen LogP contribution in [-0.2, 0) is 9.53 Å². The van der Waals surface area contributed by atoms with Gasteiger partial charge in [0.25, 0.3) is 0 Å². The summed E-state index contributed by atoms with van der Waals surface area (Å²) in [7, 11) is 0. The molecule has 0 unspecified atom stereocenters. The molecule has 1 aromatic carbocycles.